The summed E-state index contributed by atoms with van der Waals surface area (Å²) in [6, 6.07) is 13.6. The lowest BCUT2D eigenvalue weighted by atomic mass is 10.1. The van der Waals surface area contributed by atoms with Crippen LogP contribution in [0.15, 0.2) is 65.8 Å². The third kappa shape index (κ3) is 4.86. The minimum atomic E-state index is -3.29. The molecule has 0 aliphatic carbocycles. The maximum absolute atomic E-state index is 12.9. The number of nitrogens with zero attached hydrogens (tertiary/aromatic N) is 5. The first-order chi connectivity index (χ1) is 15.3. The Morgan fingerprint density at radius 2 is 1.66 bits per heavy atom. The first-order valence-corrected chi connectivity index (χ1v) is 12.0. The standard InChI is InChI=1S/C22H23N5O4S/c1-32(30,31)18-8-6-17(7-9-18)15-21(28)26-12-4-13-27(26)22(29)16-25-14-10-20(24-25)19-5-2-3-11-23-19/h2-3,5-11,14H,4,12-13,15-16H2,1H3. The Bertz CT molecular complexity index is 1220. The van der Waals surface area contributed by atoms with Crippen molar-refractivity contribution in [2.75, 3.05) is 19.3 Å². The zero-order valence-corrected chi connectivity index (χ0v) is 18.4. The van der Waals surface area contributed by atoms with E-state index >= 15 is 0 Å². The molecule has 1 aliphatic rings. The molecule has 9 nitrogen and oxygen atoms in total. The van der Waals surface area contributed by atoms with Crippen molar-refractivity contribution in [3.63, 3.8) is 0 Å². The molecule has 3 heterocycles. The highest BCUT2D eigenvalue weighted by atomic mass is 32.2. The summed E-state index contributed by atoms with van der Waals surface area (Å²) in [5.41, 5.74) is 2.08. The van der Waals surface area contributed by atoms with Gasteiger partial charge in [0.05, 0.1) is 17.0 Å². The maximum Gasteiger partial charge on any atom is 0.262 e. The van der Waals surface area contributed by atoms with Gasteiger partial charge in [-0.1, -0.05) is 18.2 Å². The number of sulfone groups is 1. The number of hydrogen-bond acceptors (Lipinski definition) is 6. The number of benzene rings is 1. The molecule has 0 radical (unpaired) electrons. The zero-order valence-electron chi connectivity index (χ0n) is 17.6. The Labute approximate surface area is 186 Å². The predicted octanol–water partition coefficient (Wildman–Crippen LogP) is 1.57. The summed E-state index contributed by atoms with van der Waals surface area (Å²) in [6.45, 7) is 0.940. The molecule has 1 fully saturated rings. The third-order valence-electron chi connectivity index (χ3n) is 5.18. The molecular formula is C22H23N5O4S. The Balaban J connectivity index is 1.40. The highest BCUT2D eigenvalue weighted by Crippen LogP contribution is 2.17. The lowest BCUT2D eigenvalue weighted by Gasteiger charge is -2.28. The van der Waals surface area contributed by atoms with Gasteiger partial charge in [0.1, 0.15) is 12.2 Å². The number of aromatic nitrogens is 3. The minimum absolute atomic E-state index is 0.0136. The number of rotatable bonds is 6. The number of pyridine rings is 1. The first-order valence-electron chi connectivity index (χ1n) is 10.2. The lowest BCUT2D eigenvalue weighted by Crippen LogP contribution is -2.46. The van der Waals surface area contributed by atoms with E-state index in [1.807, 2.05) is 18.2 Å². The molecule has 0 saturated carbocycles. The van der Waals surface area contributed by atoms with Crippen molar-refractivity contribution in [3.8, 4) is 11.4 Å². The molecule has 0 N–H and O–H groups in total. The van der Waals surface area contributed by atoms with Gasteiger partial charge in [0.15, 0.2) is 9.84 Å². The summed E-state index contributed by atoms with van der Waals surface area (Å²) in [7, 11) is -3.29. The van der Waals surface area contributed by atoms with E-state index in [1.54, 1.807) is 30.6 Å². The van der Waals surface area contributed by atoms with E-state index in [-0.39, 0.29) is 29.7 Å². The van der Waals surface area contributed by atoms with Crippen molar-refractivity contribution in [2.24, 2.45) is 0 Å². The van der Waals surface area contributed by atoms with E-state index in [4.69, 9.17) is 0 Å². The molecule has 4 rings (SSSR count). The molecule has 1 saturated heterocycles. The highest BCUT2D eigenvalue weighted by Gasteiger charge is 2.30. The molecule has 1 aromatic carbocycles. The third-order valence-corrected chi connectivity index (χ3v) is 6.31. The largest absolute Gasteiger partial charge is 0.273 e. The molecule has 10 heteroatoms. The summed E-state index contributed by atoms with van der Waals surface area (Å²) in [5, 5.41) is 7.35. The summed E-state index contributed by atoms with van der Waals surface area (Å²) >= 11 is 0. The van der Waals surface area contributed by atoms with Gasteiger partial charge in [-0.2, -0.15) is 5.10 Å². The lowest BCUT2D eigenvalue weighted by molar-refractivity contribution is -0.158. The van der Waals surface area contributed by atoms with E-state index < -0.39 is 9.84 Å². The van der Waals surface area contributed by atoms with Crippen molar-refractivity contribution in [1.29, 1.82) is 0 Å². The number of hydrogen-bond donors (Lipinski definition) is 0. The monoisotopic (exact) mass is 453 g/mol. The van der Waals surface area contributed by atoms with E-state index in [9.17, 15) is 18.0 Å². The van der Waals surface area contributed by atoms with Gasteiger partial charge in [-0.3, -0.25) is 24.3 Å². The summed E-state index contributed by atoms with van der Waals surface area (Å²) in [6.07, 6.45) is 5.32. The average Bonchev–Trinajstić information content (AvgIpc) is 3.44. The minimum Gasteiger partial charge on any atom is -0.273 e. The van der Waals surface area contributed by atoms with Gasteiger partial charge in [0, 0.05) is 31.7 Å². The van der Waals surface area contributed by atoms with Crippen LogP contribution in [0.3, 0.4) is 0 Å². The van der Waals surface area contributed by atoms with E-state index in [0.29, 0.717) is 30.8 Å². The Hall–Kier alpha value is -3.53. The molecule has 0 unspecified atom stereocenters. The van der Waals surface area contributed by atoms with Crippen LogP contribution in [0, 0.1) is 0 Å². The van der Waals surface area contributed by atoms with Crippen LogP contribution >= 0.6 is 0 Å². The molecule has 166 valence electrons. The highest BCUT2D eigenvalue weighted by molar-refractivity contribution is 7.90. The molecule has 1 aliphatic heterocycles. The van der Waals surface area contributed by atoms with Gasteiger partial charge in [-0.15, -0.1) is 0 Å². The van der Waals surface area contributed by atoms with Gasteiger partial charge in [0.2, 0.25) is 5.91 Å². The van der Waals surface area contributed by atoms with Crippen LogP contribution in [0.4, 0.5) is 0 Å². The normalized spacial score (nSPS) is 14.0. The fourth-order valence-corrected chi connectivity index (χ4v) is 4.20. The maximum atomic E-state index is 12.9. The fourth-order valence-electron chi connectivity index (χ4n) is 3.57. The van der Waals surface area contributed by atoms with Crippen LogP contribution in [-0.4, -0.2) is 64.4 Å². The first kappa shape index (κ1) is 21.7. The predicted molar refractivity (Wildman–Crippen MR) is 117 cm³/mol. The van der Waals surface area contributed by atoms with E-state index in [1.165, 1.54) is 26.8 Å². The molecule has 2 aromatic heterocycles. The summed E-state index contributed by atoms with van der Waals surface area (Å²) < 4.78 is 24.7. The number of hydrazine groups is 1. The SMILES string of the molecule is CS(=O)(=O)c1ccc(CC(=O)N2CCCN2C(=O)Cn2ccc(-c3ccccn3)n2)cc1. The van der Waals surface area contributed by atoms with Crippen LogP contribution < -0.4 is 0 Å². The van der Waals surface area contributed by atoms with Crippen molar-refractivity contribution in [1.82, 2.24) is 24.8 Å². The van der Waals surface area contributed by atoms with Gasteiger partial charge in [-0.05, 0) is 42.3 Å². The average molecular weight is 454 g/mol. The molecule has 3 aromatic rings. The molecule has 0 bridgehead atoms. The number of amides is 2. The second kappa shape index (κ2) is 8.91. The molecule has 0 atom stereocenters. The van der Waals surface area contributed by atoms with Gasteiger partial charge in [0.25, 0.3) is 5.91 Å². The molecule has 32 heavy (non-hydrogen) atoms. The van der Waals surface area contributed by atoms with Crippen molar-refractivity contribution >= 4 is 21.7 Å². The van der Waals surface area contributed by atoms with Crippen molar-refractivity contribution in [2.45, 2.75) is 24.3 Å². The van der Waals surface area contributed by atoms with Crippen LogP contribution in [0.5, 0.6) is 0 Å². The number of carbonyl (C=O) groups excluding carboxylic acids is 2. The molecule has 0 spiro atoms. The Morgan fingerprint density at radius 1 is 0.938 bits per heavy atom. The van der Waals surface area contributed by atoms with Crippen LogP contribution in [0.25, 0.3) is 11.4 Å². The second-order valence-electron chi connectivity index (χ2n) is 7.59. The quantitative estimate of drug-likeness (QED) is 0.561. The van der Waals surface area contributed by atoms with E-state index in [2.05, 4.69) is 10.1 Å². The van der Waals surface area contributed by atoms with Gasteiger partial charge in [-0.25, -0.2) is 13.4 Å². The van der Waals surface area contributed by atoms with Crippen LogP contribution in [0.2, 0.25) is 0 Å². The second-order valence-corrected chi connectivity index (χ2v) is 9.61. The van der Waals surface area contributed by atoms with E-state index in [0.717, 1.165) is 11.9 Å². The molecular weight excluding hydrogens is 430 g/mol. The van der Waals surface area contributed by atoms with Gasteiger partial charge >= 0.3 is 0 Å². The van der Waals surface area contributed by atoms with Gasteiger partial charge < -0.3 is 0 Å². The zero-order chi connectivity index (χ0) is 22.7. The summed E-state index contributed by atoms with van der Waals surface area (Å²) in [4.78, 5) is 30.2. The Morgan fingerprint density at radius 3 is 2.31 bits per heavy atom. The van der Waals surface area contributed by atoms with Crippen molar-refractivity contribution < 1.29 is 18.0 Å². The smallest absolute Gasteiger partial charge is 0.262 e. The molecule has 2 amide bonds. The number of carbonyl (C=O) groups is 2. The van der Waals surface area contributed by atoms with Crippen LogP contribution in [-0.2, 0) is 32.4 Å². The van der Waals surface area contributed by atoms with Crippen molar-refractivity contribution in [3.05, 3.63) is 66.5 Å². The topological polar surface area (TPSA) is 105 Å². The summed E-state index contributed by atoms with van der Waals surface area (Å²) in [5.74, 6) is -0.434. The van der Waals surface area contributed by atoms with Crippen LogP contribution in [0.1, 0.15) is 12.0 Å². The fraction of sp³-hybridized carbons (Fsp3) is 0.273. The Kier molecular flexibility index (Phi) is 6.04.